The number of fused-ring (bicyclic) bond motifs is 2. The van der Waals surface area contributed by atoms with Crippen LogP contribution in [-0.2, 0) is 4.74 Å². The van der Waals surface area contributed by atoms with Crippen LogP contribution in [0.4, 0.5) is 0 Å². The van der Waals surface area contributed by atoms with E-state index in [0.29, 0.717) is 17.6 Å². The van der Waals surface area contributed by atoms with Crippen LogP contribution >= 0.6 is 0 Å². The van der Waals surface area contributed by atoms with Gasteiger partial charge in [-0.1, -0.05) is 19.3 Å². The van der Waals surface area contributed by atoms with Crippen LogP contribution in [0.25, 0.3) is 0 Å². The molecular weight excluding hydrogens is 224 g/mol. The maximum atomic E-state index is 6.08. The number of nitrogens with two attached hydrogens (primary N) is 1. The number of likely N-dealkylation sites (tertiary alicyclic amines) is 1. The molecule has 3 heteroatoms. The predicted molar refractivity (Wildman–Crippen MR) is 73.5 cm³/mol. The van der Waals surface area contributed by atoms with Gasteiger partial charge in [0.1, 0.15) is 0 Å². The summed E-state index contributed by atoms with van der Waals surface area (Å²) in [6.07, 6.45) is 11.9. The summed E-state index contributed by atoms with van der Waals surface area (Å²) in [6.45, 7) is 4.46. The Morgan fingerprint density at radius 2 is 1.72 bits per heavy atom. The van der Waals surface area contributed by atoms with Crippen molar-refractivity contribution in [3.63, 3.8) is 0 Å². The summed E-state index contributed by atoms with van der Waals surface area (Å²) >= 11 is 0. The highest BCUT2D eigenvalue weighted by Gasteiger charge is 2.35. The van der Waals surface area contributed by atoms with Gasteiger partial charge in [-0.05, 0) is 50.6 Å². The summed E-state index contributed by atoms with van der Waals surface area (Å²) in [5.41, 5.74) is 6.55. The van der Waals surface area contributed by atoms with Gasteiger partial charge >= 0.3 is 0 Å². The lowest BCUT2D eigenvalue weighted by molar-refractivity contribution is -0.0423. The van der Waals surface area contributed by atoms with E-state index in [1.54, 1.807) is 0 Å². The zero-order chi connectivity index (χ0) is 12.4. The van der Waals surface area contributed by atoms with Gasteiger partial charge in [-0.25, -0.2) is 0 Å². The lowest BCUT2D eigenvalue weighted by Gasteiger charge is -2.39. The average molecular weight is 252 g/mol. The monoisotopic (exact) mass is 252 g/mol. The number of morpholine rings is 1. The molecule has 2 saturated heterocycles. The molecule has 3 fully saturated rings. The molecule has 0 aromatic rings. The van der Waals surface area contributed by atoms with Crippen molar-refractivity contribution in [2.45, 2.75) is 63.6 Å². The minimum atomic E-state index is 0.468. The fourth-order valence-corrected chi connectivity index (χ4v) is 4.13. The van der Waals surface area contributed by atoms with Crippen LogP contribution in [-0.4, -0.2) is 43.3 Å². The first kappa shape index (κ1) is 12.9. The van der Waals surface area contributed by atoms with Crippen molar-refractivity contribution in [2.75, 3.05) is 26.2 Å². The third kappa shape index (κ3) is 2.73. The van der Waals surface area contributed by atoms with Crippen molar-refractivity contribution < 1.29 is 4.74 Å². The summed E-state index contributed by atoms with van der Waals surface area (Å²) in [4.78, 5) is 2.64. The summed E-state index contributed by atoms with van der Waals surface area (Å²) in [5, 5.41) is 0. The maximum Gasteiger partial charge on any atom is 0.0707 e. The number of hydrogen-bond acceptors (Lipinski definition) is 3. The lowest BCUT2D eigenvalue weighted by atomic mass is 9.72. The first-order valence-electron chi connectivity index (χ1n) is 7.88. The SMILES string of the molecule is NCC1(CCN2CC3CCC(C2)O3)CCCCC1. The molecule has 104 valence electrons. The Morgan fingerprint density at radius 1 is 1.06 bits per heavy atom. The van der Waals surface area contributed by atoms with E-state index in [2.05, 4.69) is 4.90 Å². The molecular formula is C15H28N2O. The summed E-state index contributed by atoms with van der Waals surface area (Å²) in [6, 6.07) is 0. The van der Waals surface area contributed by atoms with E-state index in [0.717, 1.165) is 19.6 Å². The molecule has 1 saturated carbocycles. The molecule has 3 nitrogen and oxygen atoms in total. The van der Waals surface area contributed by atoms with Gasteiger partial charge < -0.3 is 10.5 Å². The van der Waals surface area contributed by atoms with Gasteiger partial charge in [0.25, 0.3) is 0 Å². The third-order valence-electron chi connectivity index (χ3n) is 5.42. The first-order chi connectivity index (χ1) is 8.80. The Balaban J connectivity index is 1.50. The highest BCUT2D eigenvalue weighted by Crippen LogP contribution is 2.39. The lowest BCUT2D eigenvalue weighted by Crippen LogP contribution is -2.45. The molecule has 2 unspecified atom stereocenters. The Hall–Kier alpha value is -0.120. The average Bonchev–Trinajstić information content (AvgIpc) is 2.77. The first-order valence-corrected chi connectivity index (χ1v) is 7.88. The van der Waals surface area contributed by atoms with Gasteiger partial charge in [0.2, 0.25) is 0 Å². The van der Waals surface area contributed by atoms with Gasteiger partial charge in [0.05, 0.1) is 12.2 Å². The molecule has 2 bridgehead atoms. The minimum Gasteiger partial charge on any atom is -0.372 e. The van der Waals surface area contributed by atoms with Gasteiger partial charge in [-0.15, -0.1) is 0 Å². The summed E-state index contributed by atoms with van der Waals surface area (Å²) < 4.78 is 5.90. The molecule has 2 aliphatic heterocycles. The number of nitrogens with zero attached hydrogens (tertiary/aromatic N) is 1. The molecule has 2 N–H and O–H groups in total. The van der Waals surface area contributed by atoms with E-state index in [1.165, 1.54) is 57.9 Å². The summed E-state index contributed by atoms with van der Waals surface area (Å²) in [7, 11) is 0. The quantitative estimate of drug-likeness (QED) is 0.833. The van der Waals surface area contributed by atoms with Crippen molar-refractivity contribution in [3.8, 4) is 0 Å². The minimum absolute atomic E-state index is 0.468. The smallest absolute Gasteiger partial charge is 0.0707 e. The highest BCUT2D eigenvalue weighted by molar-refractivity contribution is 4.88. The fraction of sp³-hybridized carbons (Fsp3) is 1.00. The number of hydrogen-bond donors (Lipinski definition) is 1. The van der Waals surface area contributed by atoms with Gasteiger partial charge in [0.15, 0.2) is 0 Å². The molecule has 2 atom stereocenters. The second kappa shape index (κ2) is 5.48. The zero-order valence-corrected chi connectivity index (χ0v) is 11.6. The summed E-state index contributed by atoms with van der Waals surface area (Å²) in [5.74, 6) is 0. The topological polar surface area (TPSA) is 38.5 Å². The molecule has 0 radical (unpaired) electrons. The Labute approximate surface area is 111 Å². The van der Waals surface area contributed by atoms with E-state index in [-0.39, 0.29) is 0 Å². The van der Waals surface area contributed by atoms with Crippen molar-refractivity contribution in [1.29, 1.82) is 0 Å². The molecule has 2 heterocycles. The largest absolute Gasteiger partial charge is 0.372 e. The molecule has 1 aliphatic carbocycles. The van der Waals surface area contributed by atoms with Crippen LogP contribution in [0.1, 0.15) is 51.4 Å². The normalized spacial score (nSPS) is 35.8. The molecule has 3 aliphatic rings. The predicted octanol–water partition coefficient (Wildman–Crippen LogP) is 2.15. The maximum absolute atomic E-state index is 6.08. The Morgan fingerprint density at radius 3 is 2.33 bits per heavy atom. The Kier molecular flexibility index (Phi) is 3.92. The van der Waals surface area contributed by atoms with Crippen LogP contribution < -0.4 is 5.73 Å². The number of rotatable bonds is 4. The molecule has 0 aromatic heterocycles. The highest BCUT2D eigenvalue weighted by atomic mass is 16.5. The van der Waals surface area contributed by atoms with E-state index in [1.807, 2.05) is 0 Å². The molecule has 0 amide bonds. The fourth-order valence-electron chi connectivity index (χ4n) is 4.13. The third-order valence-corrected chi connectivity index (χ3v) is 5.42. The van der Waals surface area contributed by atoms with Crippen molar-refractivity contribution in [1.82, 2.24) is 4.90 Å². The van der Waals surface area contributed by atoms with Gasteiger partial charge in [-0.2, -0.15) is 0 Å². The standard InChI is InChI=1S/C15H28N2O/c16-12-15(6-2-1-3-7-15)8-9-17-10-13-4-5-14(11-17)18-13/h13-14H,1-12,16H2. The van der Waals surface area contributed by atoms with Crippen molar-refractivity contribution in [2.24, 2.45) is 11.1 Å². The Bertz CT molecular complexity index is 264. The van der Waals surface area contributed by atoms with Crippen molar-refractivity contribution in [3.05, 3.63) is 0 Å². The molecule has 0 aromatic carbocycles. The molecule has 3 rings (SSSR count). The van der Waals surface area contributed by atoms with Crippen LogP contribution in [0.15, 0.2) is 0 Å². The van der Waals surface area contributed by atoms with Crippen molar-refractivity contribution >= 4 is 0 Å². The zero-order valence-electron chi connectivity index (χ0n) is 11.6. The van der Waals surface area contributed by atoms with Crippen LogP contribution in [0.3, 0.4) is 0 Å². The van der Waals surface area contributed by atoms with Crippen LogP contribution in [0.2, 0.25) is 0 Å². The second-order valence-electron chi connectivity index (χ2n) is 6.73. The van der Waals surface area contributed by atoms with Crippen LogP contribution in [0.5, 0.6) is 0 Å². The van der Waals surface area contributed by atoms with Gasteiger partial charge in [0, 0.05) is 13.1 Å². The molecule has 0 spiro atoms. The second-order valence-corrected chi connectivity index (χ2v) is 6.73. The van der Waals surface area contributed by atoms with E-state index in [9.17, 15) is 0 Å². The van der Waals surface area contributed by atoms with E-state index < -0.39 is 0 Å². The van der Waals surface area contributed by atoms with Crippen LogP contribution in [0, 0.1) is 5.41 Å². The van der Waals surface area contributed by atoms with E-state index >= 15 is 0 Å². The number of ether oxygens (including phenoxy) is 1. The van der Waals surface area contributed by atoms with E-state index in [4.69, 9.17) is 10.5 Å². The van der Waals surface area contributed by atoms with Gasteiger partial charge in [-0.3, -0.25) is 4.90 Å². The molecule has 18 heavy (non-hydrogen) atoms.